The molecule has 0 aliphatic carbocycles. The van der Waals surface area contributed by atoms with Crippen LogP contribution in [0.5, 0.6) is 0 Å². The van der Waals surface area contributed by atoms with Crippen LogP contribution in [0.1, 0.15) is 24.3 Å². The van der Waals surface area contributed by atoms with E-state index in [1.54, 1.807) is 19.9 Å². The number of carbonyl (C=O) groups is 1. The number of nitrogens with one attached hydrogen (secondary N) is 1. The summed E-state index contributed by atoms with van der Waals surface area (Å²) in [6, 6.07) is 2.82. The number of hydrogen-bond donors (Lipinski definition) is 2. The summed E-state index contributed by atoms with van der Waals surface area (Å²) in [5.74, 6) is -0.499. The first-order valence-electron chi connectivity index (χ1n) is 5.80. The minimum Gasteiger partial charge on any atom is -0.396 e. The Labute approximate surface area is 105 Å². The van der Waals surface area contributed by atoms with Crippen molar-refractivity contribution in [3.05, 3.63) is 24.0 Å². The number of nitrogens with zero attached hydrogens (tertiary/aromatic N) is 1. The minimum absolute atomic E-state index is 0.0422. The van der Waals surface area contributed by atoms with Crippen LogP contribution in [0.4, 0.5) is 8.78 Å². The minimum atomic E-state index is -2.50. The number of aliphatic hydroxyl groups is 1. The summed E-state index contributed by atoms with van der Waals surface area (Å²) in [6.07, 6.45) is -1.06. The first-order valence-corrected chi connectivity index (χ1v) is 5.80. The number of amides is 1. The van der Waals surface area contributed by atoms with E-state index in [1.165, 1.54) is 16.8 Å². The maximum Gasteiger partial charge on any atom is 0.268 e. The molecule has 0 aliphatic rings. The van der Waals surface area contributed by atoms with Crippen LogP contribution in [0.2, 0.25) is 0 Å². The van der Waals surface area contributed by atoms with Gasteiger partial charge in [0.05, 0.1) is 6.54 Å². The quantitative estimate of drug-likeness (QED) is 0.814. The van der Waals surface area contributed by atoms with E-state index < -0.39 is 18.9 Å². The molecule has 18 heavy (non-hydrogen) atoms. The van der Waals surface area contributed by atoms with Gasteiger partial charge in [-0.1, -0.05) is 6.92 Å². The van der Waals surface area contributed by atoms with Gasteiger partial charge in [0.1, 0.15) is 5.69 Å². The molecule has 0 aromatic carbocycles. The van der Waals surface area contributed by atoms with E-state index in [4.69, 9.17) is 5.11 Å². The Balaban J connectivity index is 2.69. The van der Waals surface area contributed by atoms with Gasteiger partial charge in [-0.25, -0.2) is 8.78 Å². The van der Waals surface area contributed by atoms with Crippen molar-refractivity contribution < 1.29 is 18.7 Å². The van der Waals surface area contributed by atoms with Gasteiger partial charge >= 0.3 is 0 Å². The second kappa shape index (κ2) is 6.49. The lowest BCUT2D eigenvalue weighted by molar-refractivity contribution is 0.0894. The van der Waals surface area contributed by atoms with Gasteiger partial charge in [0.2, 0.25) is 0 Å². The molecule has 1 aromatic heterocycles. The first kappa shape index (κ1) is 14.6. The number of hydrogen-bond acceptors (Lipinski definition) is 2. The largest absolute Gasteiger partial charge is 0.396 e. The molecule has 0 saturated carbocycles. The third-order valence-electron chi connectivity index (χ3n) is 2.90. The van der Waals surface area contributed by atoms with Crippen LogP contribution in [0.15, 0.2) is 18.3 Å². The van der Waals surface area contributed by atoms with Gasteiger partial charge in [-0.2, -0.15) is 0 Å². The predicted octanol–water partition coefficient (Wildman–Crippen LogP) is 1.50. The molecule has 102 valence electrons. The van der Waals surface area contributed by atoms with Crippen molar-refractivity contribution >= 4 is 5.91 Å². The fraction of sp³-hybridized carbons (Fsp3) is 0.583. The van der Waals surface area contributed by atoms with Crippen molar-refractivity contribution in [1.29, 1.82) is 0 Å². The maximum atomic E-state index is 12.3. The smallest absolute Gasteiger partial charge is 0.268 e. The monoisotopic (exact) mass is 260 g/mol. The molecule has 2 unspecified atom stereocenters. The zero-order valence-electron chi connectivity index (χ0n) is 10.4. The van der Waals surface area contributed by atoms with E-state index >= 15 is 0 Å². The number of rotatable bonds is 6. The molecule has 0 bridgehead atoms. The summed E-state index contributed by atoms with van der Waals surface area (Å²) in [7, 11) is 0. The van der Waals surface area contributed by atoms with Crippen LogP contribution in [-0.2, 0) is 6.54 Å². The molecule has 2 N–H and O–H groups in total. The standard InChI is InChI=1S/C12H18F2N2O2/c1-8(7-17)9(2)15-12(18)10-4-3-5-16(10)6-11(13)14/h3-5,8-9,11,17H,6-7H2,1-2H3,(H,15,18). The zero-order chi connectivity index (χ0) is 13.7. The Morgan fingerprint density at radius 1 is 1.50 bits per heavy atom. The van der Waals surface area contributed by atoms with Crippen molar-refractivity contribution in [2.24, 2.45) is 5.92 Å². The first-order chi connectivity index (χ1) is 8.45. The second-order valence-electron chi connectivity index (χ2n) is 4.36. The summed E-state index contributed by atoms with van der Waals surface area (Å²) in [4.78, 5) is 11.9. The lowest BCUT2D eigenvalue weighted by Crippen LogP contribution is -2.39. The lowest BCUT2D eigenvalue weighted by atomic mass is 10.1. The lowest BCUT2D eigenvalue weighted by Gasteiger charge is -2.19. The van der Waals surface area contributed by atoms with E-state index in [0.29, 0.717) is 0 Å². The number of halogens is 2. The highest BCUT2D eigenvalue weighted by Crippen LogP contribution is 2.08. The van der Waals surface area contributed by atoms with Crippen LogP contribution in [0.3, 0.4) is 0 Å². The molecule has 6 heteroatoms. The summed E-state index contributed by atoms with van der Waals surface area (Å²) < 4.78 is 25.8. The second-order valence-corrected chi connectivity index (χ2v) is 4.36. The van der Waals surface area contributed by atoms with Crippen molar-refractivity contribution in [2.45, 2.75) is 32.9 Å². The number of aliphatic hydroxyl groups excluding tert-OH is 1. The van der Waals surface area contributed by atoms with Gasteiger partial charge in [-0.05, 0) is 25.0 Å². The molecule has 0 radical (unpaired) electrons. The van der Waals surface area contributed by atoms with Crippen LogP contribution in [0, 0.1) is 5.92 Å². The van der Waals surface area contributed by atoms with Crippen molar-refractivity contribution in [3.63, 3.8) is 0 Å². The number of carbonyl (C=O) groups excluding carboxylic acids is 1. The van der Waals surface area contributed by atoms with Crippen LogP contribution in [-0.4, -0.2) is 34.7 Å². The summed E-state index contributed by atoms with van der Waals surface area (Å²) >= 11 is 0. The fourth-order valence-electron chi connectivity index (χ4n) is 1.51. The Kier molecular flexibility index (Phi) is 5.27. The SMILES string of the molecule is CC(CO)C(C)NC(=O)c1cccn1CC(F)F. The molecule has 4 nitrogen and oxygen atoms in total. The van der Waals surface area contributed by atoms with E-state index in [9.17, 15) is 13.6 Å². The summed E-state index contributed by atoms with van der Waals surface area (Å²) in [6.45, 7) is 3.02. The molecule has 0 spiro atoms. The van der Waals surface area contributed by atoms with E-state index in [-0.39, 0.29) is 24.3 Å². The molecule has 0 aliphatic heterocycles. The van der Waals surface area contributed by atoms with E-state index in [1.807, 2.05) is 0 Å². The Hall–Kier alpha value is -1.43. The zero-order valence-corrected chi connectivity index (χ0v) is 10.4. The molecular formula is C12H18F2N2O2. The third kappa shape index (κ3) is 3.80. The third-order valence-corrected chi connectivity index (χ3v) is 2.90. The van der Waals surface area contributed by atoms with Crippen molar-refractivity contribution in [2.75, 3.05) is 6.61 Å². The highest BCUT2D eigenvalue weighted by molar-refractivity contribution is 5.92. The average Bonchev–Trinajstić information content (AvgIpc) is 2.74. The maximum absolute atomic E-state index is 12.3. The molecule has 1 amide bonds. The molecule has 1 heterocycles. The highest BCUT2D eigenvalue weighted by atomic mass is 19.3. The Morgan fingerprint density at radius 3 is 2.72 bits per heavy atom. The van der Waals surface area contributed by atoms with Gasteiger partial charge in [-0.3, -0.25) is 4.79 Å². The number of aromatic nitrogens is 1. The topological polar surface area (TPSA) is 54.3 Å². The predicted molar refractivity (Wildman–Crippen MR) is 63.6 cm³/mol. The van der Waals surface area contributed by atoms with Gasteiger partial charge in [0.15, 0.2) is 0 Å². The summed E-state index contributed by atoms with van der Waals surface area (Å²) in [5, 5.41) is 11.6. The van der Waals surface area contributed by atoms with Crippen LogP contribution in [0.25, 0.3) is 0 Å². The number of alkyl halides is 2. The highest BCUT2D eigenvalue weighted by Gasteiger charge is 2.18. The van der Waals surface area contributed by atoms with Gasteiger partial charge < -0.3 is 15.0 Å². The van der Waals surface area contributed by atoms with Gasteiger partial charge in [-0.15, -0.1) is 0 Å². The van der Waals surface area contributed by atoms with Crippen LogP contribution >= 0.6 is 0 Å². The van der Waals surface area contributed by atoms with Gasteiger partial charge in [0, 0.05) is 18.8 Å². The fourth-order valence-corrected chi connectivity index (χ4v) is 1.51. The van der Waals surface area contributed by atoms with E-state index in [2.05, 4.69) is 5.32 Å². The van der Waals surface area contributed by atoms with Crippen molar-refractivity contribution in [1.82, 2.24) is 9.88 Å². The average molecular weight is 260 g/mol. The molecule has 2 atom stereocenters. The normalized spacial score (nSPS) is 14.6. The Morgan fingerprint density at radius 2 is 2.17 bits per heavy atom. The summed E-state index contributed by atoms with van der Waals surface area (Å²) in [5.41, 5.74) is 0.201. The van der Waals surface area contributed by atoms with E-state index in [0.717, 1.165) is 0 Å². The molecule has 0 fully saturated rings. The van der Waals surface area contributed by atoms with Crippen LogP contribution < -0.4 is 5.32 Å². The molecule has 1 rings (SSSR count). The molecule has 0 saturated heterocycles. The van der Waals surface area contributed by atoms with Crippen molar-refractivity contribution in [3.8, 4) is 0 Å². The molecular weight excluding hydrogens is 242 g/mol. The Bertz CT molecular complexity index is 393. The van der Waals surface area contributed by atoms with Gasteiger partial charge in [0.25, 0.3) is 12.3 Å². The molecule has 1 aromatic rings.